The highest BCUT2D eigenvalue weighted by molar-refractivity contribution is 5.96. The highest BCUT2D eigenvalue weighted by Gasteiger charge is 2.36. The molecule has 4 nitrogen and oxygen atoms in total. The maximum atomic E-state index is 12.8. The Labute approximate surface area is 175 Å². The molecule has 0 radical (unpaired) electrons. The average molecular weight is 437 g/mol. The Bertz CT molecular complexity index is 1100. The number of halogens is 5. The van der Waals surface area contributed by atoms with Crippen molar-refractivity contribution in [3.05, 3.63) is 71.1 Å². The number of carbonyl (C=O) groups excluding carboxylic acids is 1. The fourth-order valence-electron chi connectivity index (χ4n) is 3.31. The normalized spacial score (nSPS) is 16.2. The summed E-state index contributed by atoms with van der Waals surface area (Å²) in [6, 6.07) is 7.04. The number of aryl methyl sites for hydroxylation is 1. The molecule has 3 aromatic rings. The van der Waals surface area contributed by atoms with Crippen molar-refractivity contribution in [1.82, 2.24) is 14.9 Å². The molecule has 1 aliphatic rings. The molecule has 0 spiro atoms. The number of carbonyl (C=O) groups is 1. The van der Waals surface area contributed by atoms with Gasteiger partial charge in [-0.2, -0.15) is 13.2 Å². The van der Waals surface area contributed by atoms with Crippen molar-refractivity contribution in [2.75, 3.05) is 13.1 Å². The molecule has 1 fully saturated rings. The fraction of sp³-hybridized carbons (Fsp3) is 0.318. The zero-order valence-corrected chi connectivity index (χ0v) is 16.9. The van der Waals surface area contributed by atoms with Crippen LogP contribution >= 0.6 is 0 Å². The van der Waals surface area contributed by atoms with E-state index in [9.17, 15) is 26.7 Å². The first-order chi connectivity index (χ1) is 14.6. The van der Waals surface area contributed by atoms with E-state index in [2.05, 4.69) is 9.97 Å². The summed E-state index contributed by atoms with van der Waals surface area (Å²) in [6.07, 6.45) is -2.13. The van der Waals surface area contributed by atoms with E-state index < -0.39 is 29.3 Å². The molecule has 1 atom stereocenters. The van der Waals surface area contributed by atoms with Gasteiger partial charge in [-0.25, -0.2) is 13.8 Å². The van der Waals surface area contributed by atoms with Crippen LogP contribution in [0.3, 0.4) is 0 Å². The van der Waals surface area contributed by atoms with E-state index in [0.717, 1.165) is 24.6 Å². The molecule has 1 saturated heterocycles. The molecule has 1 unspecified atom stereocenters. The number of nitrogens with zero attached hydrogens (tertiary/aromatic N) is 3. The number of fused-ring (bicyclic) bond motifs is 1. The zero-order valence-electron chi connectivity index (χ0n) is 16.9. The van der Waals surface area contributed by atoms with Gasteiger partial charge in [-0.05, 0) is 31.4 Å². The van der Waals surface area contributed by atoms with E-state index in [4.69, 9.17) is 0 Å². The predicted octanol–water partition coefficient (Wildman–Crippen LogP) is 5.40. The third-order valence-corrected chi connectivity index (χ3v) is 4.88. The molecule has 164 valence electrons. The third-order valence-electron chi connectivity index (χ3n) is 4.88. The molecular formula is C22H20F5N3O. The number of amides is 1. The van der Waals surface area contributed by atoms with Gasteiger partial charge in [0.15, 0.2) is 11.6 Å². The molecule has 0 saturated carbocycles. The maximum absolute atomic E-state index is 12.8. The van der Waals surface area contributed by atoms with E-state index >= 15 is 0 Å². The van der Waals surface area contributed by atoms with Gasteiger partial charge in [0.25, 0.3) is 5.91 Å². The number of aromatic nitrogens is 2. The predicted molar refractivity (Wildman–Crippen MR) is 105 cm³/mol. The lowest BCUT2D eigenvalue weighted by molar-refractivity contribution is -0.138. The second-order valence-corrected chi connectivity index (χ2v) is 7.45. The van der Waals surface area contributed by atoms with Crippen molar-refractivity contribution in [3.63, 3.8) is 0 Å². The molecule has 1 aromatic heterocycles. The van der Waals surface area contributed by atoms with E-state index in [1.807, 2.05) is 6.92 Å². The van der Waals surface area contributed by atoms with E-state index in [0.29, 0.717) is 35.7 Å². The number of benzene rings is 2. The Morgan fingerprint density at radius 3 is 2.35 bits per heavy atom. The van der Waals surface area contributed by atoms with Crippen molar-refractivity contribution in [2.24, 2.45) is 5.92 Å². The molecular weight excluding hydrogens is 417 g/mol. The van der Waals surface area contributed by atoms with Gasteiger partial charge in [0.1, 0.15) is 0 Å². The Kier molecular flexibility index (Phi) is 6.52. The van der Waals surface area contributed by atoms with Gasteiger partial charge < -0.3 is 4.90 Å². The van der Waals surface area contributed by atoms with Crippen LogP contribution in [0.2, 0.25) is 0 Å². The highest BCUT2D eigenvalue weighted by Crippen LogP contribution is 2.33. The van der Waals surface area contributed by atoms with Crippen molar-refractivity contribution in [2.45, 2.75) is 26.4 Å². The van der Waals surface area contributed by atoms with Crippen LogP contribution in [-0.4, -0.2) is 33.9 Å². The summed E-state index contributed by atoms with van der Waals surface area (Å²) in [7, 11) is 0. The minimum absolute atomic E-state index is 0.251. The average Bonchev–Trinajstić information content (AvgIpc) is 3.15. The minimum atomic E-state index is -4.49. The quantitative estimate of drug-likeness (QED) is 0.479. The first-order valence-electron chi connectivity index (χ1n) is 9.60. The molecule has 1 aliphatic heterocycles. The number of likely N-dealkylation sites (tertiary alicyclic amines) is 1. The number of hydrogen-bond donors (Lipinski definition) is 0. The molecule has 0 bridgehead atoms. The second-order valence-electron chi connectivity index (χ2n) is 7.45. The van der Waals surface area contributed by atoms with Gasteiger partial charge in [0.05, 0.1) is 27.9 Å². The summed E-state index contributed by atoms with van der Waals surface area (Å²) < 4.78 is 63.8. The Morgan fingerprint density at radius 2 is 1.74 bits per heavy atom. The van der Waals surface area contributed by atoms with Gasteiger partial charge in [0, 0.05) is 31.4 Å². The monoisotopic (exact) mass is 437 g/mol. The number of hydrogen-bond acceptors (Lipinski definition) is 3. The van der Waals surface area contributed by atoms with Crippen molar-refractivity contribution >= 4 is 16.9 Å². The number of alkyl halides is 3. The first-order valence-corrected chi connectivity index (χ1v) is 9.60. The van der Waals surface area contributed by atoms with Crippen LogP contribution in [0.1, 0.15) is 35.0 Å². The smallest absolute Gasteiger partial charge is 0.338 e. The molecule has 2 heterocycles. The van der Waals surface area contributed by atoms with Gasteiger partial charge in [0.2, 0.25) is 0 Å². The number of rotatable bonds is 1. The molecule has 9 heteroatoms. The SMILES string of the molecule is CC1CCN(C(=O)c2ccccc2C(F)(F)F)C1.Cc1cnc2cc(F)c(F)cc2n1. The summed E-state index contributed by atoms with van der Waals surface area (Å²) in [5, 5.41) is 0. The van der Waals surface area contributed by atoms with E-state index in [-0.39, 0.29) is 5.56 Å². The summed E-state index contributed by atoms with van der Waals surface area (Å²) in [5.74, 6) is -1.96. The molecule has 0 aliphatic carbocycles. The second kappa shape index (κ2) is 8.95. The lowest BCUT2D eigenvalue weighted by Crippen LogP contribution is -2.30. The van der Waals surface area contributed by atoms with Crippen LogP contribution < -0.4 is 0 Å². The summed E-state index contributed by atoms with van der Waals surface area (Å²) >= 11 is 0. The largest absolute Gasteiger partial charge is 0.417 e. The van der Waals surface area contributed by atoms with Gasteiger partial charge in [-0.3, -0.25) is 9.78 Å². The molecule has 4 rings (SSSR count). The van der Waals surface area contributed by atoms with Crippen LogP contribution in [0.4, 0.5) is 22.0 Å². The Morgan fingerprint density at radius 1 is 1.10 bits per heavy atom. The van der Waals surface area contributed by atoms with Gasteiger partial charge in [-0.1, -0.05) is 19.1 Å². The molecule has 1 amide bonds. The van der Waals surface area contributed by atoms with Crippen LogP contribution in [0.15, 0.2) is 42.6 Å². The van der Waals surface area contributed by atoms with Crippen LogP contribution in [0, 0.1) is 24.5 Å². The lowest BCUT2D eigenvalue weighted by Gasteiger charge is -2.19. The van der Waals surface area contributed by atoms with Crippen molar-refractivity contribution in [3.8, 4) is 0 Å². The maximum Gasteiger partial charge on any atom is 0.417 e. The molecule has 2 aromatic carbocycles. The standard InChI is InChI=1S/C13H14F3NO.C9H6F2N2/c1-9-6-7-17(8-9)12(18)10-4-2-3-5-11(10)13(14,15)16;1-5-4-12-8-2-6(10)7(11)3-9(8)13-5/h2-5,9H,6-8H2,1H3;2-4H,1H3. The van der Waals surface area contributed by atoms with Gasteiger partial charge >= 0.3 is 6.18 Å². The van der Waals surface area contributed by atoms with Crippen LogP contribution in [0.5, 0.6) is 0 Å². The van der Waals surface area contributed by atoms with Crippen LogP contribution in [0.25, 0.3) is 11.0 Å². The third kappa shape index (κ3) is 5.34. The summed E-state index contributed by atoms with van der Waals surface area (Å²) in [6.45, 7) is 4.80. The Balaban J connectivity index is 0.000000185. The lowest BCUT2D eigenvalue weighted by atomic mass is 10.1. The van der Waals surface area contributed by atoms with Crippen molar-refractivity contribution in [1.29, 1.82) is 0 Å². The topological polar surface area (TPSA) is 46.1 Å². The zero-order chi connectivity index (χ0) is 22.8. The summed E-state index contributed by atoms with van der Waals surface area (Å²) in [5.41, 5.74) is 0.315. The highest BCUT2D eigenvalue weighted by atomic mass is 19.4. The first kappa shape index (κ1) is 22.6. The Hall–Kier alpha value is -3.10. The van der Waals surface area contributed by atoms with E-state index in [1.54, 1.807) is 6.92 Å². The van der Waals surface area contributed by atoms with Crippen LogP contribution in [-0.2, 0) is 6.18 Å². The van der Waals surface area contributed by atoms with E-state index in [1.165, 1.54) is 29.3 Å². The van der Waals surface area contributed by atoms with Gasteiger partial charge in [-0.15, -0.1) is 0 Å². The molecule has 31 heavy (non-hydrogen) atoms. The summed E-state index contributed by atoms with van der Waals surface area (Å²) in [4.78, 5) is 21.5. The molecule has 0 N–H and O–H groups in total. The van der Waals surface area contributed by atoms with Crippen molar-refractivity contribution < 1.29 is 26.7 Å². The fourth-order valence-corrected chi connectivity index (χ4v) is 3.31. The minimum Gasteiger partial charge on any atom is -0.338 e.